The number of alkyl halides is 3. The fourth-order valence-corrected chi connectivity index (χ4v) is 1.32. The Hall–Kier alpha value is -0.940. The second kappa shape index (κ2) is 4.28. The summed E-state index contributed by atoms with van der Waals surface area (Å²) >= 11 is 5.50. The van der Waals surface area contributed by atoms with Crippen LogP contribution in [0.5, 0.6) is 5.75 Å². The predicted octanol–water partition coefficient (Wildman–Crippen LogP) is 3.00. The van der Waals surface area contributed by atoms with Gasteiger partial charge in [-0.1, -0.05) is 0 Å². The lowest BCUT2D eigenvalue weighted by atomic mass is 10.1. The molecule has 0 aliphatic heterocycles. The van der Waals surface area contributed by atoms with Gasteiger partial charge < -0.3 is 5.11 Å². The summed E-state index contributed by atoms with van der Waals surface area (Å²) < 4.78 is 38.2. The molecule has 1 N–H and O–H groups in total. The molecule has 1 rings (SSSR count). The molecule has 0 aliphatic rings. The first kappa shape index (κ1) is 12.1. The van der Waals surface area contributed by atoms with Gasteiger partial charge in [-0.15, -0.1) is 0 Å². The van der Waals surface area contributed by atoms with Crippen molar-refractivity contribution < 1.29 is 18.3 Å². The Morgan fingerprint density at radius 1 is 1.33 bits per heavy atom. The summed E-state index contributed by atoms with van der Waals surface area (Å²) in [6.07, 6.45) is -4.46. The summed E-state index contributed by atoms with van der Waals surface area (Å²) in [6, 6.07) is 2.88. The highest BCUT2D eigenvalue weighted by atomic mass is 35.5. The van der Waals surface area contributed by atoms with Crippen molar-refractivity contribution in [2.45, 2.75) is 12.7 Å². The van der Waals surface area contributed by atoms with Gasteiger partial charge in [0.2, 0.25) is 0 Å². The molecule has 1 aromatic carbocycles. The molecule has 0 heterocycles. The fraction of sp³-hybridized carbons (Fsp3) is 0.333. The van der Waals surface area contributed by atoms with Crippen LogP contribution in [-0.2, 0) is 12.7 Å². The van der Waals surface area contributed by atoms with E-state index in [1.807, 2.05) is 0 Å². The molecule has 0 aliphatic carbocycles. The van der Waals surface area contributed by atoms with Crippen molar-refractivity contribution in [3.63, 3.8) is 0 Å². The SMILES string of the molecule is CN(Cl)Cc1cc(O)cc(C(F)(F)F)c1. The predicted molar refractivity (Wildman–Crippen MR) is 50.4 cm³/mol. The average molecular weight is 240 g/mol. The second-order valence-electron chi connectivity index (χ2n) is 3.15. The van der Waals surface area contributed by atoms with E-state index in [0.29, 0.717) is 11.6 Å². The summed E-state index contributed by atoms with van der Waals surface area (Å²) in [5.41, 5.74) is -0.573. The van der Waals surface area contributed by atoms with Crippen molar-refractivity contribution in [2.24, 2.45) is 0 Å². The van der Waals surface area contributed by atoms with Gasteiger partial charge in [-0.25, -0.2) is 4.42 Å². The smallest absolute Gasteiger partial charge is 0.416 e. The number of phenolic OH excluding ortho intramolecular Hbond substituents is 1. The standard InChI is InChI=1S/C9H9ClF3NO/c1-14(10)5-6-2-7(9(11,12)13)4-8(15)3-6/h2-4,15H,5H2,1H3. The van der Waals surface area contributed by atoms with Crippen LogP contribution in [0.25, 0.3) is 0 Å². The molecule has 15 heavy (non-hydrogen) atoms. The number of hydrogen-bond acceptors (Lipinski definition) is 2. The van der Waals surface area contributed by atoms with Gasteiger partial charge in [-0.2, -0.15) is 13.2 Å². The van der Waals surface area contributed by atoms with Crippen LogP contribution in [0.15, 0.2) is 18.2 Å². The second-order valence-corrected chi connectivity index (χ2v) is 3.73. The molecular weight excluding hydrogens is 231 g/mol. The van der Waals surface area contributed by atoms with E-state index in [-0.39, 0.29) is 6.54 Å². The lowest BCUT2D eigenvalue weighted by Gasteiger charge is -2.11. The van der Waals surface area contributed by atoms with E-state index in [1.165, 1.54) is 17.5 Å². The Morgan fingerprint density at radius 3 is 2.40 bits per heavy atom. The molecule has 6 heteroatoms. The molecule has 0 amide bonds. The minimum Gasteiger partial charge on any atom is -0.508 e. The number of halogens is 4. The normalized spacial score (nSPS) is 12.1. The summed E-state index contributed by atoms with van der Waals surface area (Å²) in [5.74, 6) is -0.418. The Labute approximate surface area is 90.0 Å². The van der Waals surface area contributed by atoms with E-state index >= 15 is 0 Å². The van der Waals surface area contributed by atoms with E-state index < -0.39 is 17.5 Å². The molecular formula is C9H9ClF3NO. The number of benzene rings is 1. The van der Waals surface area contributed by atoms with Crippen LogP contribution in [0, 0.1) is 0 Å². The molecule has 0 unspecified atom stereocenters. The summed E-state index contributed by atoms with van der Waals surface area (Å²) in [6.45, 7) is 0.124. The minimum atomic E-state index is -4.46. The zero-order valence-electron chi connectivity index (χ0n) is 7.85. The number of phenols is 1. The zero-order valence-corrected chi connectivity index (χ0v) is 8.60. The van der Waals surface area contributed by atoms with Gasteiger partial charge in [0.25, 0.3) is 0 Å². The number of nitrogens with zero attached hydrogens (tertiary/aromatic N) is 1. The molecule has 0 saturated heterocycles. The van der Waals surface area contributed by atoms with Crippen molar-refractivity contribution in [3.8, 4) is 5.75 Å². The molecule has 0 aromatic heterocycles. The molecule has 1 aromatic rings. The van der Waals surface area contributed by atoms with Gasteiger partial charge in [0.05, 0.1) is 5.56 Å². The van der Waals surface area contributed by atoms with E-state index in [2.05, 4.69) is 0 Å². The van der Waals surface area contributed by atoms with Crippen molar-refractivity contribution in [1.82, 2.24) is 4.42 Å². The van der Waals surface area contributed by atoms with Crippen LogP contribution in [0.2, 0.25) is 0 Å². The third-order valence-corrected chi connectivity index (χ3v) is 1.82. The minimum absolute atomic E-state index is 0.124. The number of rotatable bonds is 2. The molecule has 0 spiro atoms. The number of hydrogen-bond donors (Lipinski definition) is 1. The highest BCUT2D eigenvalue weighted by molar-refractivity contribution is 6.13. The maximum atomic E-state index is 12.3. The zero-order chi connectivity index (χ0) is 11.6. The topological polar surface area (TPSA) is 23.5 Å². The summed E-state index contributed by atoms with van der Waals surface area (Å²) in [5, 5.41) is 9.11. The van der Waals surface area contributed by atoms with Crippen LogP contribution in [0.3, 0.4) is 0 Å². The van der Waals surface area contributed by atoms with Crippen LogP contribution in [0.4, 0.5) is 13.2 Å². The van der Waals surface area contributed by atoms with Gasteiger partial charge in [0.15, 0.2) is 0 Å². The highest BCUT2D eigenvalue weighted by Gasteiger charge is 2.31. The van der Waals surface area contributed by atoms with Crippen LogP contribution < -0.4 is 0 Å². The van der Waals surface area contributed by atoms with Crippen LogP contribution in [-0.4, -0.2) is 16.6 Å². The largest absolute Gasteiger partial charge is 0.508 e. The Balaban J connectivity index is 3.06. The highest BCUT2D eigenvalue weighted by Crippen LogP contribution is 2.32. The van der Waals surface area contributed by atoms with Gasteiger partial charge in [-0.05, 0) is 35.5 Å². The molecule has 84 valence electrons. The van der Waals surface area contributed by atoms with Crippen LogP contribution in [0.1, 0.15) is 11.1 Å². The van der Waals surface area contributed by atoms with E-state index in [1.54, 1.807) is 0 Å². The number of aromatic hydroxyl groups is 1. The summed E-state index contributed by atoms with van der Waals surface area (Å²) in [4.78, 5) is 0. The maximum absolute atomic E-state index is 12.3. The lowest BCUT2D eigenvalue weighted by Crippen LogP contribution is -2.08. The molecule has 0 radical (unpaired) electrons. The van der Waals surface area contributed by atoms with E-state index in [9.17, 15) is 13.2 Å². The Morgan fingerprint density at radius 2 is 1.93 bits per heavy atom. The van der Waals surface area contributed by atoms with Gasteiger partial charge >= 0.3 is 6.18 Å². The van der Waals surface area contributed by atoms with E-state index in [4.69, 9.17) is 16.9 Å². The monoisotopic (exact) mass is 239 g/mol. The fourth-order valence-electron chi connectivity index (χ4n) is 1.18. The third kappa shape index (κ3) is 3.60. The van der Waals surface area contributed by atoms with Crippen molar-refractivity contribution >= 4 is 11.8 Å². The van der Waals surface area contributed by atoms with Gasteiger partial charge in [-0.3, -0.25) is 0 Å². The first-order valence-electron chi connectivity index (χ1n) is 4.06. The van der Waals surface area contributed by atoms with Gasteiger partial charge in [0.1, 0.15) is 5.75 Å². The molecule has 0 saturated carbocycles. The molecule has 0 fully saturated rings. The maximum Gasteiger partial charge on any atom is 0.416 e. The quantitative estimate of drug-likeness (QED) is 0.802. The molecule has 0 atom stereocenters. The van der Waals surface area contributed by atoms with Crippen molar-refractivity contribution in [1.29, 1.82) is 0 Å². The first-order valence-corrected chi connectivity index (χ1v) is 4.40. The first-order chi connectivity index (χ1) is 6.79. The lowest BCUT2D eigenvalue weighted by molar-refractivity contribution is -0.137. The summed E-state index contributed by atoms with van der Waals surface area (Å²) in [7, 11) is 1.51. The van der Waals surface area contributed by atoms with E-state index in [0.717, 1.165) is 6.07 Å². The Kier molecular flexibility index (Phi) is 3.46. The third-order valence-electron chi connectivity index (χ3n) is 1.71. The molecule has 2 nitrogen and oxygen atoms in total. The van der Waals surface area contributed by atoms with Gasteiger partial charge in [0, 0.05) is 13.6 Å². The van der Waals surface area contributed by atoms with Crippen molar-refractivity contribution in [2.75, 3.05) is 7.05 Å². The average Bonchev–Trinajstić information content (AvgIpc) is 1.99. The molecule has 0 bridgehead atoms. The van der Waals surface area contributed by atoms with Crippen molar-refractivity contribution in [3.05, 3.63) is 29.3 Å². The Bertz CT molecular complexity index is 352. The van der Waals surface area contributed by atoms with Crippen LogP contribution >= 0.6 is 11.8 Å².